The first-order chi connectivity index (χ1) is 9.35. The molecule has 1 aromatic rings. The number of hydrogen-bond acceptors (Lipinski definition) is 3. The maximum atomic E-state index is 12.1. The molecule has 0 radical (unpaired) electrons. The van der Waals surface area contributed by atoms with Gasteiger partial charge in [0, 0.05) is 6.04 Å². The molecule has 2 aliphatic carbocycles. The van der Waals surface area contributed by atoms with Gasteiger partial charge in [0.2, 0.25) is 10.0 Å². The summed E-state index contributed by atoms with van der Waals surface area (Å²) in [5.41, 5.74) is -0.107. The summed E-state index contributed by atoms with van der Waals surface area (Å²) in [7, 11) is -3.49. The predicted molar refractivity (Wildman–Crippen MR) is 72.9 cm³/mol. The van der Waals surface area contributed by atoms with Crippen molar-refractivity contribution in [1.29, 1.82) is 0 Å². The van der Waals surface area contributed by atoms with Crippen molar-refractivity contribution in [1.82, 2.24) is 4.72 Å². The van der Waals surface area contributed by atoms with Gasteiger partial charge in [-0.1, -0.05) is 19.1 Å². The summed E-state index contributed by atoms with van der Waals surface area (Å²) in [6, 6.07) is 6.26. The van der Waals surface area contributed by atoms with Crippen LogP contribution in [0.4, 0.5) is 0 Å². The molecule has 0 amide bonds. The van der Waals surface area contributed by atoms with E-state index in [0.29, 0.717) is 24.3 Å². The molecule has 20 heavy (non-hydrogen) atoms. The van der Waals surface area contributed by atoms with E-state index < -0.39 is 21.4 Å². The van der Waals surface area contributed by atoms with Gasteiger partial charge < -0.3 is 5.11 Å². The van der Waals surface area contributed by atoms with Gasteiger partial charge in [-0.2, -0.15) is 0 Å². The zero-order valence-electron chi connectivity index (χ0n) is 11.2. The maximum Gasteiger partial charge on any atom is 0.314 e. The van der Waals surface area contributed by atoms with Crippen molar-refractivity contribution in [2.45, 2.75) is 42.5 Å². The molecule has 5 nitrogen and oxygen atoms in total. The van der Waals surface area contributed by atoms with E-state index >= 15 is 0 Å². The molecule has 6 heteroatoms. The third-order valence-corrected chi connectivity index (χ3v) is 5.80. The Kier molecular flexibility index (Phi) is 2.92. The first-order valence-electron chi connectivity index (χ1n) is 6.71. The molecule has 0 bridgehead atoms. The third-order valence-electron chi connectivity index (χ3n) is 4.29. The SMILES string of the molecule is CC1CC1NS(=O)(=O)c1ccc(C2(C(=O)O)CC2)cc1. The topological polar surface area (TPSA) is 83.5 Å². The van der Waals surface area contributed by atoms with Gasteiger partial charge in [0.05, 0.1) is 10.3 Å². The molecule has 0 aliphatic heterocycles. The Labute approximate surface area is 118 Å². The highest BCUT2D eigenvalue weighted by atomic mass is 32.2. The van der Waals surface area contributed by atoms with E-state index in [1.165, 1.54) is 12.1 Å². The average molecular weight is 295 g/mol. The highest BCUT2D eigenvalue weighted by Crippen LogP contribution is 2.48. The molecule has 3 rings (SSSR count). The molecule has 0 saturated heterocycles. The summed E-state index contributed by atoms with van der Waals surface area (Å²) in [5.74, 6) is -0.441. The molecule has 108 valence electrons. The van der Waals surface area contributed by atoms with E-state index in [1.807, 2.05) is 6.92 Å². The highest BCUT2D eigenvalue weighted by Gasteiger charge is 2.51. The lowest BCUT2D eigenvalue weighted by atomic mass is 9.96. The average Bonchev–Trinajstić information content (AvgIpc) is 3.28. The van der Waals surface area contributed by atoms with Gasteiger partial charge in [-0.15, -0.1) is 0 Å². The molecule has 2 fully saturated rings. The van der Waals surface area contributed by atoms with Gasteiger partial charge in [-0.25, -0.2) is 13.1 Å². The van der Waals surface area contributed by atoms with Crippen molar-refractivity contribution in [2.24, 2.45) is 5.92 Å². The number of nitrogens with one attached hydrogen (secondary N) is 1. The molecule has 0 spiro atoms. The fraction of sp³-hybridized carbons (Fsp3) is 0.500. The van der Waals surface area contributed by atoms with Gasteiger partial charge in [0.25, 0.3) is 0 Å². The summed E-state index contributed by atoms with van der Waals surface area (Å²) in [4.78, 5) is 11.4. The van der Waals surface area contributed by atoms with Crippen molar-refractivity contribution < 1.29 is 18.3 Å². The van der Waals surface area contributed by atoms with Gasteiger partial charge >= 0.3 is 5.97 Å². The second-order valence-electron chi connectivity index (χ2n) is 5.85. The molecular weight excluding hydrogens is 278 g/mol. The van der Waals surface area contributed by atoms with Gasteiger partial charge in [0.1, 0.15) is 0 Å². The number of rotatable bonds is 5. The zero-order chi connectivity index (χ0) is 14.5. The summed E-state index contributed by atoms with van der Waals surface area (Å²) >= 11 is 0. The first-order valence-corrected chi connectivity index (χ1v) is 8.20. The normalized spacial score (nSPS) is 27.1. The Morgan fingerprint density at radius 2 is 1.85 bits per heavy atom. The lowest BCUT2D eigenvalue weighted by Gasteiger charge is -2.11. The molecule has 0 heterocycles. The van der Waals surface area contributed by atoms with Crippen LogP contribution in [0, 0.1) is 5.92 Å². The van der Waals surface area contributed by atoms with Crippen molar-refractivity contribution in [3.63, 3.8) is 0 Å². The van der Waals surface area contributed by atoms with Crippen LogP contribution in [0.2, 0.25) is 0 Å². The Hall–Kier alpha value is -1.40. The van der Waals surface area contributed by atoms with Crippen LogP contribution in [-0.2, 0) is 20.2 Å². The first kappa shape index (κ1) is 13.6. The number of benzene rings is 1. The Morgan fingerprint density at radius 3 is 2.25 bits per heavy atom. The fourth-order valence-electron chi connectivity index (χ4n) is 2.46. The van der Waals surface area contributed by atoms with Crippen LogP contribution in [0.1, 0.15) is 31.7 Å². The van der Waals surface area contributed by atoms with Crippen LogP contribution < -0.4 is 4.72 Å². The summed E-state index contributed by atoms with van der Waals surface area (Å²) < 4.78 is 26.9. The highest BCUT2D eigenvalue weighted by molar-refractivity contribution is 7.89. The van der Waals surface area contributed by atoms with Crippen LogP contribution in [-0.4, -0.2) is 25.5 Å². The molecule has 0 aromatic heterocycles. The minimum absolute atomic E-state index is 0.0356. The molecule has 2 N–H and O–H groups in total. The van der Waals surface area contributed by atoms with Crippen molar-refractivity contribution in [3.8, 4) is 0 Å². The molecular formula is C14H17NO4S. The van der Waals surface area contributed by atoms with E-state index in [4.69, 9.17) is 0 Å². The lowest BCUT2D eigenvalue weighted by Crippen LogP contribution is -2.27. The standard InChI is InChI=1S/C14H17NO4S/c1-9-8-12(9)15-20(18,19)11-4-2-10(3-5-11)14(6-7-14)13(16)17/h2-5,9,12,15H,6-8H2,1H3,(H,16,17). The van der Waals surface area contributed by atoms with E-state index in [9.17, 15) is 18.3 Å². The fourth-order valence-corrected chi connectivity index (χ4v) is 3.82. The Morgan fingerprint density at radius 1 is 1.30 bits per heavy atom. The Bertz CT molecular complexity index is 646. The minimum atomic E-state index is -3.49. The predicted octanol–water partition coefficient (Wildman–Crippen LogP) is 1.49. The number of hydrogen-bond donors (Lipinski definition) is 2. The third kappa shape index (κ3) is 2.23. The lowest BCUT2D eigenvalue weighted by molar-refractivity contribution is -0.140. The summed E-state index contributed by atoms with van der Waals surface area (Å²) in [6.45, 7) is 2.00. The largest absolute Gasteiger partial charge is 0.481 e. The van der Waals surface area contributed by atoms with Crippen LogP contribution in [0.15, 0.2) is 29.2 Å². The van der Waals surface area contributed by atoms with Gasteiger partial charge in [0.15, 0.2) is 0 Å². The molecule has 2 atom stereocenters. The Balaban J connectivity index is 1.81. The summed E-state index contributed by atoms with van der Waals surface area (Å²) in [5, 5.41) is 9.21. The smallest absolute Gasteiger partial charge is 0.314 e. The molecule has 2 saturated carbocycles. The number of sulfonamides is 1. The van der Waals surface area contributed by atoms with Gasteiger partial charge in [-0.3, -0.25) is 4.79 Å². The molecule has 2 aliphatic rings. The van der Waals surface area contributed by atoms with Crippen molar-refractivity contribution >= 4 is 16.0 Å². The number of carboxylic acids is 1. The van der Waals surface area contributed by atoms with Crippen LogP contribution in [0.5, 0.6) is 0 Å². The van der Waals surface area contributed by atoms with Crippen LogP contribution >= 0.6 is 0 Å². The van der Waals surface area contributed by atoms with Crippen LogP contribution in [0.3, 0.4) is 0 Å². The van der Waals surface area contributed by atoms with E-state index in [2.05, 4.69) is 4.72 Å². The van der Waals surface area contributed by atoms with Gasteiger partial charge in [-0.05, 0) is 42.9 Å². The second-order valence-corrected chi connectivity index (χ2v) is 7.57. The van der Waals surface area contributed by atoms with E-state index in [0.717, 1.165) is 6.42 Å². The zero-order valence-corrected chi connectivity index (χ0v) is 12.0. The van der Waals surface area contributed by atoms with E-state index in [-0.39, 0.29) is 10.9 Å². The maximum absolute atomic E-state index is 12.1. The van der Waals surface area contributed by atoms with E-state index in [1.54, 1.807) is 12.1 Å². The second kappa shape index (κ2) is 4.30. The number of carbonyl (C=O) groups is 1. The number of aliphatic carboxylic acids is 1. The quantitative estimate of drug-likeness (QED) is 0.862. The number of carboxylic acid groups (broad SMARTS) is 1. The molecule has 2 unspecified atom stereocenters. The molecule has 1 aromatic carbocycles. The monoisotopic (exact) mass is 295 g/mol. The van der Waals surface area contributed by atoms with Crippen molar-refractivity contribution in [2.75, 3.05) is 0 Å². The minimum Gasteiger partial charge on any atom is -0.481 e. The van der Waals surface area contributed by atoms with Crippen molar-refractivity contribution in [3.05, 3.63) is 29.8 Å². The van der Waals surface area contributed by atoms with Crippen LogP contribution in [0.25, 0.3) is 0 Å². The summed E-state index contributed by atoms with van der Waals surface area (Å²) in [6.07, 6.45) is 2.11.